The van der Waals surface area contributed by atoms with Crippen LogP contribution in [0.2, 0.25) is 0 Å². The molecule has 1 N–H and O–H groups in total. The van der Waals surface area contributed by atoms with Crippen LogP contribution in [0.15, 0.2) is 27.4 Å². The summed E-state index contributed by atoms with van der Waals surface area (Å²) in [4.78, 5) is 36.1. The van der Waals surface area contributed by atoms with Gasteiger partial charge in [0.25, 0.3) is 0 Å². The average Bonchev–Trinajstić information content (AvgIpc) is 2.62. The van der Waals surface area contributed by atoms with E-state index in [0.717, 1.165) is 0 Å². The third kappa shape index (κ3) is 2.31. The molecule has 2 aromatic rings. The molecule has 110 valence electrons. The van der Waals surface area contributed by atoms with E-state index in [4.69, 9.17) is 4.42 Å². The number of likely N-dealkylation sites (tertiary alicyclic amines) is 1. The highest BCUT2D eigenvalue weighted by Crippen LogP contribution is 2.21. The van der Waals surface area contributed by atoms with Crippen LogP contribution in [-0.4, -0.2) is 34.4 Å². The lowest BCUT2D eigenvalue weighted by Crippen LogP contribution is -2.53. The number of anilines is 1. The summed E-state index contributed by atoms with van der Waals surface area (Å²) in [5, 5.41) is 2.78. The van der Waals surface area contributed by atoms with Crippen LogP contribution >= 0.6 is 0 Å². The van der Waals surface area contributed by atoms with Crippen molar-refractivity contribution in [3.8, 4) is 0 Å². The third-order valence-electron chi connectivity index (χ3n) is 3.76. The fourth-order valence-corrected chi connectivity index (χ4v) is 2.36. The Hall–Kier alpha value is -2.57. The minimum absolute atomic E-state index is 0.0217. The number of hydrogen-bond acceptors (Lipinski definition) is 4. The monoisotopic (exact) mass is 289 g/mol. The van der Waals surface area contributed by atoms with Gasteiger partial charge in [-0.05, 0) is 12.1 Å². The van der Waals surface area contributed by atoms with Gasteiger partial charge in [0, 0.05) is 38.8 Å². The van der Waals surface area contributed by atoms with Crippen molar-refractivity contribution in [1.29, 1.82) is 0 Å². The van der Waals surface area contributed by atoms with Crippen LogP contribution in [0.3, 0.4) is 0 Å². The van der Waals surface area contributed by atoms with Gasteiger partial charge in [-0.2, -0.15) is 0 Å². The lowest BCUT2D eigenvalue weighted by Gasteiger charge is -2.37. The number of hydrogen-bond donors (Lipinski definition) is 1. The molecule has 1 aromatic heterocycles. The first-order valence-electron chi connectivity index (χ1n) is 6.61. The van der Waals surface area contributed by atoms with Gasteiger partial charge in [0.05, 0.1) is 11.4 Å². The fraction of sp³-hybridized carbons (Fsp3) is 0.357. The molecule has 7 nitrogen and oxygen atoms in total. The topological polar surface area (TPSA) is 84.6 Å². The Morgan fingerprint density at radius 1 is 1.33 bits per heavy atom. The van der Waals surface area contributed by atoms with Gasteiger partial charge in [-0.25, -0.2) is 4.79 Å². The quantitative estimate of drug-likeness (QED) is 0.875. The molecular weight excluding hydrogens is 274 g/mol. The van der Waals surface area contributed by atoms with Gasteiger partial charge in [-0.1, -0.05) is 0 Å². The number of oxazole rings is 1. The molecule has 3 rings (SSSR count). The highest BCUT2D eigenvalue weighted by Gasteiger charge is 2.34. The number of nitrogens with one attached hydrogen (secondary N) is 1. The number of carbonyl (C=O) groups is 2. The molecule has 2 heterocycles. The largest absolute Gasteiger partial charge is 0.419 e. The van der Waals surface area contributed by atoms with Crippen molar-refractivity contribution in [1.82, 2.24) is 9.47 Å². The minimum atomic E-state index is -0.440. The Labute approximate surface area is 120 Å². The summed E-state index contributed by atoms with van der Waals surface area (Å²) in [6.45, 7) is 2.38. The van der Waals surface area contributed by atoms with Crippen molar-refractivity contribution >= 4 is 28.6 Å². The van der Waals surface area contributed by atoms with Crippen molar-refractivity contribution < 1.29 is 14.0 Å². The molecule has 0 radical (unpaired) electrons. The lowest BCUT2D eigenvalue weighted by molar-refractivity contribution is -0.139. The lowest BCUT2D eigenvalue weighted by atomic mass is 9.99. The molecule has 1 saturated heterocycles. The number of amides is 2. The van der Waals surface area contributed by atoms with E-state index in [1.165, 1.54) is 11.5 Å². The van der Waals surface area contributed by atoms with Crippen LogP contribution < -0.4 is 11.1 Å². The number of benzene rings is 1. The second-order valence-corrected chi connectivity index (χ2v) is 5.22. The van der Waals surface area contributed by atoms with E-state index in [1.807, 2.05) is 0 Å². The molecule has 0 unspecified atom stereocenters. The van der Waals surface area contributed by atoms with Gasteiger partial charge in [-0.3, -0.25) is 14.2 Å². The van der Waals surface area contributed by atoms with Gasteiger partial charge in [0.1, 0.15) is 0 Å². The molecular formula is C14H15N3O4. The Bertz CT molecular complexity index is 783. The molecule has 1 aromatic carbocycles. The molecule has 1 aliphatic rings. The van der Waals surface area contributed by atoms with E-state index in [9.17, 15) is 14.4 Å². The summed E-state index contributed by atoms with van der Waals surface area (Å²) < 4.78 is 6.47. The average molecular weight is 289 g/mol. The number of fused-ring (bicyclic) bond motifs is 1. The number of carbonyl (C=O) groups excluding carboxylic acids is 2. The number of aromatic nitrogens is 1. The molecule has 1 aliphatic heterocycles. The van der Waals surface area contributed by atoms with Crippen molar-refractivity contribution in [2.45, 2.75) is 6.92 Å². The number of nitrogens with zero attached hydrogens (tertiary/aromatic N) is 2. The fourth-order valence-electron chi connectivity index (χ4n) is 2.36. The molecule has 2 amide bonds. The van der Waals surface area contributed by atoms with E-state index in [-0.39, 0.29) is 17.7 Å². The van der Waals surface area contributed by atoms with E-state index >= 15 is 0 Å². The Kier molecular flexibility index (Phi) is 3.04. The second kappa shape index (κ2) is 4.76. The van der Waals surface area contributed by atoms with Crippen LogP contribution in [0.25, 0.3) is 11.1 Å². The zero-order valence-electron chi connectivity index (χ0n) is 11.8. The Morgan fingerprint density at radius 2 is 2.05 bits per heavy atom. The minimum Gasteiger partial charge on any atom is -0.408 e. The first-order valence-corrected chi connectivity index (χ1v) is 6.61. The molecule has 21 heavy (non-hydrogen) atoms. The van der Waals surface area contributed by atoms with E-state index < -0.39 is 5.76 Å². The Morgan fingerprint density at radius 3 is 2.71 bits per heavy atom. The third-order valence-corrected chi connectivity index (χ3v) is 3.76. The second-order valence-electron chi connectivity index (χ2n) is 5.22. The van der Waals surface area contributed by atoms with E-state index in [2.05, 4.69) is 5.32 Å². The van der Waals surface area contributed by atoms with Crippen LogP contribution in [0.4, 0.5) is 5.69 Å². The molecule has 7 heteroatoms. The van der Waals surface area contributed by atoms with Gasteiger partial charge in [0.2, 0.25) is 11.8 Å². The van der Waals surface area contributed by atoms with Gasteiger partial charge >= 0.3 is 5.76 Å². The summed E-state index contributed by atoms with van der Waals surface area (Å²) in [6, 6.07) is 5.06. The van der Waals surface area contributed by atoms with Crippen molar-refractivity contribution in [3.05, 3.63) is 28.7 Å². The summed E-state index contributed by atoms with van der Waals surface area (Å²) >= 11 is 0. The Balaban J connectivity index is 1.72. The highest BCUT2D eigenvalue weighted by molar-refractivity contribution is 5.95. The standard InChI is InChI=1S/C14H15N3O4/c1-8(18)17-6-9(7-17)13(19)15-10-3-4-11-12(5-10)21-14(20)16(11)2/h3-5,9H,6-7H2,1-2H3,(H,15,19). The van der Waals surface area contributed by atoms with Crippen LogP contribution in [0.5, 0.6) is 0 Å². The van der Waals surface area contributed by atoms with Gasteiger partial charge in [0.15, 0.2) is 5.58 Å². The SMILES string of the molecule is CC(=O)N1CC(C(=O)Nc2ccc3c(c2)oc(=O)n3C)C1. The van der Waals surface area contributed by atoms with Crippen molar-refractivity contribution in [2.24, 2.45) is 13.0 Å². The molecule has 0 saturated carbocycles. The number of aryl methyl sites for hydroxylation is 1. The smallest absolute Gasteiger partial charge is 0.408 e. The summed E-state index contributed by atoms with van der Waals surface area (Å²) in [5.41, 5.74) is 1.67. The highest BCUT2D eigenvalue weighted by atomic mass is 16.4. The molecule has 1 fully saturated rings. The molecule has 0 atom stereocenters. The van der Waals surface area contributed by atoms with E-state index in [0.29, 0.717) is 29.9 Å². The predicted octanol–water partition coefficient (Wildman–Crippen LogP) is 0.548. The normalized spacial score (nSPS) is 15.0. The maximum Gasteiger partial charge on any atom is 0.419 e. The van der Waals surface area contributed by atoms with Crippen LogP contribution in [0.1, 0.15) is 6.92 Å². The summed E-state index contributed by atoms with van der Waals surface area (Å²) in [6.07, 6.45) is 0. The zero-order valence-corrected chi connectivity index (χ0v) is 11.8. The first kappa shape index (κ1) is 13.4. The maximum atomic E-state index is 12.0. The van der Waals surface area contributed by atoms with Crippen molar-refractivity contribution in [3.63, 3.8) is 0 Å². The number of rotatable bonds is 2. The predicted molar refractivity (Wildman–Crippen MR) is 75.8 cm³/mol. The molecule has 0 spiro atoms. The molecule has 0 bridgehead atoms. The molecule has 0 aliphatic carbocycles. The van der Waals surface area contributed by atoms with Crippen LogP contribution in [0, 0.1) is 5.92 Å². The first-order chi connectivity index (χ1) is 9.95. The summed E-state index contributed by atoms with van der Waals surface area (Å²) in [7, 11) is 1.62. The summed E-state index contributed by atoms with van der Waals surface area (Å²) in [5.74, 6) is -0.784. The maximum absolute atomic E-state index is 12.0. The van der Waals surface area contributed by atoms with Gasteiger partial charge < -0.3 is 14.6 Å². The van der Waals surface area contributed by atoms with Crippen molar-refractivity contribution in [2.75, 3.05) is 18.4 Å². The van der Waals surface area contributed by atoms with Crippen LogP contribution in [-0.2, 0) is 16.6 Å². The zero-order chi connectivity index (χ0) is 15.1. The van der Waals surface area contributed by atoms with Gasteiger partial charge in [-0.15, -0.1) is 0 Å². The van der Waals surface area contributed by atoms with E-state index in [1.54, 1.807) is 30.1 Å².